The van der Waals surface area contributed by atoms with Gasteiger partial charge in [0.2, 0.25) is 0 Å². The number of fused-ring (bicyclic) bond motifs is 1. The predicted octanol–water partition coefficient (Wildman–Crippen LogP) is 4.98. The lowest BCUT2D eigenvalue weighted by atomic mass is 10.2. The molecule has 4 aromatic rings. The van der Waals surface area contributed by atoms with E-state index in [2.05, 4.69) is 15.5 Å². The average molecular weight is 412 g/mol. The highest BCUT2D eigenvalue weighted by Gasteiger charge is 2.09. The number of rotatable bonds is 6. The fourth-order valence-corrected chi connectivity index (χ4v) is 3.28. The van der Waals surface area contributed by atoms with Crippen molar-refractivity contribution in [1.82, 2.24) is 10.4 Å². The highest BCUT2D eigenvalue weighted by atomic mass is 35.5. The molecule has 1 amide bonds. The highest BCUT2D eigenvalue weighted by molar-refractivity contribution is 7.99. The molecule has 0 atom stereocenters. The van der Waals surface area contributed by atoms with Crippen LogP contribution in [0.5, 0.6) is 0 Å². The molecular formula is C20H14ClN3O3S. The third kappa shape index (κ3) is 4.44. The summed E-state index contributed by atoms with van der Waals surface area (Å²) in [5.41, 5.74) is 4.77. The average Bonchev–Trinajstić information content (AvgIpc) is 3.33. The first-order chi connectivity index (χ1) is 13.7. The lowest BCUT2D eigenvalue weighted by Gasteiger charge is -1.97. The molecule has 0 radical (unpaired) electrons. The van der Waals surface area contributed by atoms with Crippen molar-refractivity contribution in [3.05, 3.63) is 71.4 Å². The van der Waals surface area contributed by atoms with E-state index in [9.17, 15) is 4.79 Å². The quantitative estimate of drug-likeness (QED) is 0.275. The molecule has 1 N–H and O–H groups in total. The van der Waals surface area contributed by atoms with Gasteiger partial charge < -0.3 is 8.83 Å². The summed E-state index contributed by atoms with van der Waals surface area (Å²) in [5, 5.41) is 4.99. The van der Waals surface area contributed by atoms with Gasteiger partial charge in [-0.3, -0.25) is 4.79 Å². The molecule has 2 heterocycles. The maximum absolute atomic E-state index is 11.9. The van der Waals surface area contributed by atoms with E-state index in [1.54, 1.807) is 12.1 Å². The molecule has 0 aliphatic heterocycles. The first-order valence-electron chi connectivity index (χ1n) is 8.33. The van der Waals surface area contributed by atoms with E-state index in [0.717, 1.165) is 11.1 Å². The summed E-state index contributed by atoms with van der Waals surface area (Å²) < 4.78 is 11.2. The number of carbonyl (C=O) groups is 1. The van der Waals surface area contributed by atoms with E-state index in [1.807, 2.05) is 48.5 Å². The molecule has 6 nitrogen and oxygen atoms in total. The Morgan fingerprint density at radius 1 is 1.14 bits per heavy atom. The summed E-state index contributed by atoms with van der Waals surface area (Å²) in [7, 11) is 0. The molecule has 0 aliphatic rings. The van der Waals surface area contributed by atoms with Crippen molar-refractivity contribution < 1.29 is 13.6 Å². The fourth-order valence-electron chi connectivity index (χ4n) is 2.46. The minimum absolute atomic E-state index is 0.135. The lowest BCUT2D eigenvalue weighted by Crippen LogP contribution is -2.19. The molecule has 8 heteroatoms. The van der Waals surface area contributed by atoms with Gasteiger partial charge in [0.05, 0.1) is 12.0 Å². The first-order valence-corrected chi connectivity index (χ1v) is 9.70. The van der Waals surface area contributed by atoms with Gasteiger partial charge in [-0.25, -0.2) is 10.4 Å². The molecular weight excluding hydrogens is 398 g/mol. The van der Waals surface area contributed by atoms with Crippen LogP contribution in [0.4, 0.5) is 0 Å². The number of thioether (sulfide) groups is 1. The van der Waals surface area contributed by atoms with Crippen LogP contribution in [0.3, 0.4) is 0 Å². The van der Waals surface area contributed by atoms with Crippen molar-refractivity contribution in [2.75, 3.05) is 5.75 Å². The normalized spacial score (nSPS) is 11.3. The van der Waals surface area contributed by atoms with Crippen molar-refractivity contribution >= 4 is 46.6 Å². The number of hydrogen-bond acceptors (Lipinski definition) is 6. The second kappa shape index (κ2) is 8.33. The minimum atomic E-state index is -0.273. The third-order valence-corrected chi connectivity index (χ3v) is 4.78. The van der Waals surface area contributed by atoms with Crippen molar-refractivity contribution in [3.8, 4) is 11.3 Å². The van der Waals surface area contributed by atoms with Crippen molar-refractivity contribution in [1.29, 1.82) is 0 Å². The Bertz CT molecular complexity index is 1120. The van der Waals surface area contributed by atoms with Crippen LogP contribution in [0.1, 0.15) is 5.76 Å². The van der Waals surface area contributed by atoms with Gasteiger partial charge in [0.15, 0.2) is 5.58 Å². The Balaban J connectivity index is 1.30. The Kier molecular flexibility index (Phi) is 5.45. The van der Waals surface area contributed by atoms with Crippen molar-refractivity contribution in [2.24, 2.45) is 5.10 Å². The smallest absolute Gasteiger partial charge is 0.257 e. The van der Waals surface area contributed by atoms with E-state index in [1.165, 1.54) is 18.0 Å². The number of para-hydroxylation sites is 2. The van der Waals surface area contributed by atoms with Gasteiger partial charge in [-0.15, -0.1) is 0 Å². The second-order valence-electron chi connectivity index (χ2n) is 5.74. The largest absolute Gasteiger partial charge is 0.455 e. The summed E-state index contributed by atoms with van der Waals surface area (Å²) in [4.78, 5) is 16.2. The summed E-state index contributed by atoms with van der Waals surface area (Å²) in [6.07, 6.45) is 1.44. The van der Waals surface area contributed by atoms with Gasteiger partial charge in [0, 0.05) is 10.6 Å². The first kappa shape index (κ1) is 18.3. The number of nitrogens with zero attached hydrogens (tertiary/aromatic N) is 2. The van der Waals surface area contributed by atoms with E-state index in [0.29, 0.717) is 27.3 Å². The van der Waals surface area contributed by atoms with E-state index < -0.39 is 0 Å². The molecule has 0 aliphatic carbocycles. The van der Waals surface area contributed by atoms with E-state index in [4.69, 9.17) is 20.4 Å². The number of aromatic nitrogens is 1. The zero-order valence-electron chi connectivity index (χ0n) is 14.5. The summed E-state index contributed by atoms with van der Waals surface area (Å²) in [6, 6.07) is 18.4. The van der Waals surface area contributed by atoms with Gasteiger partial charge in [-0.2, -0.15) is 5.10 Å². The number of oxazole rings is 1. The molecule has 0 bridgehead atoms. The second-order valence-corrected chi connectivity index (χ2v) is 7.10. The number of benzene rings is 2. The van der Waals surface area contributed by atoms with E-state index in [-0.39, 0.29) is 11.7 Å². The van der Waals surface area contributed by atoms with Gasteiger partial charge >= 0.3 is 0 Å². The minimum Gasteiger partial charge on any atom is -0.455 e. The monoisotopic (exact) mass is 411 g/mol. The van der Waals surface area contributed by atoms with Crippen LogP contribution in [-0.2, 0) is 4.79 Å². The molecule has 0 saturated carbocycles. The molecule has 28 heavy (non-hydrogen) atoms. The molecule has 2 aromatic heterocycles. The Labute approximate surface area is 169 Å². The zero-order chi connectivity index (χ0) is 19.3. The maximum atomic E-state index is 11.9. The SMILES string of the molecule is O=C(CSc1nc2ccccc2o1)N/N=C\c1ccc(-c2cccc(Cl)c2)o1. The molecule has 140 valence electrons. The molecule has 4 rings (SSSR count). The van der Waals surface area contributed by atoms with Gasteiger partial charge in [-0.1, -0.05) is 47.6 Å². The van der Waals surface area contributed by atoms with Crippen LogP contribution < -0.4 is 5.43 Å². The fraction of sp³-hybridized carbons (Fsp3) is 0.0500. The van der Waals surface area contributed by atoms with Crippen LogP contribution in [0, 0.1) is 0 Å². The summed E-state index contributed by atoms with van der Waals surface area (Å²) in [5.74, 6) is 1.05. The number of hydrazone groups is 1. The predicted molar refractivity (Wildman–Crippen MR) is 110 cm³/mol. The van der Waals surface area contributed by atoms with Gasteiger partial charge in [-0.05, 0) is 36.4 Å². The molecule has 0 fully saturated rings. The zero-order valence-corrected chi connectivity index (χ0v) is 16.0. The Hall–Kier alpha value is -3.03. The van der Waals surface area contributed by atoms with E-state index >= 15 is 0 Å². The Morgan fingerprint density at radius 3 is 2.89 bits per heavy atom. The third-order valence-electron chi connectivity index (χ3n) is 3.72. The molecule has 2 aromatic carbocycles. The number of furan rings is 1. The standard InChI is InChI=1S/C20H14ClN3O3S/c21-14-5-3-4-13(10-14)17-9-8-15(26-17)11-22-24-19(25)12-28-20-23-16-6-1-2-7-18(16)27-20/h1-11H,12H2,(H,24,25)/b22-11-. The highest BCUT2D eigenvalue weighted by Crippen LogP contribution is 2.24. The topological polar surface area (TPSA) is 80.6 Å². The molecule has 0 unspecified atom stereocenters. The maximum Gasteiger partial charge on any atom is 0.257 e. The van der Waals surface area contributed by atoms with Crippen LogP contribution >= 0.6 is 23.4 Å². The van der Waals surface area contributed by atoms with Gasteiger partial charge in [0.1, 0.15) is 17.0 Å². The number of halogens is 1. The lowest BCUT2D eigenvalue weighted by molar-refractivity contribution is -0.118. The van der Waals surface area contributed by atoms with Gasteiger partial charge in [0.25, 0.3) is 11.1 Å². The van der Waals surface area contributed by atoms with Crippen LogP contribution in [0.15, 0.2) is 79.8 Å². The number of nitrogens with one attached hydrogen (secondary N) is 1. The number of carbonyl (C=O) groups excluding carboxylic acids is 1. The van der Waals surface area contributed by atoms with Crippen molar-refractivity contribution in [2.45, 2.75) is 5.22 Å². The van der Waals surface area contributed by atoms with Crippen molar-refractivity contribution in [3.63, 3.8) is 0 Å². The summed E-state index contributed by atoms with van der Waals surface area (Å²) >= 11 is 7.19. The molecule has 0 saturated heterocycles. The van der Waals surface area contributed by atoms with Crippen LogP contribution in [-0.4, -0.2) is 22.9 Å². The molecule has 0 spiro atoms. The number of hydrogen-bond donors (Lipinski definition) is 1. The van der Waals surface area contributed by atoms with Crippen LogP contribution in [0.2, 0.25) is 5.02 Å². The summed E-state index contributed by atoms with van der Waals surface area (Å²) in [6.45, 7) is 0. The van der Waals surface area contributed by atoms with Crippen LogP contribution in [0.25, 0.3) is 22.4 Å². The Morgan fingerprint density at radius 2 is 2.04 bits per heavy atom. The number of amides is 1.